The molecule has 0 spiro atoms. The van der Waals surface area contributed by atoms with E-state index in [2.05, 4.69) is 21.4 Å². The number of imide groups is 1. The maximum atomic E-state index is 15.1. The van der Waals surface area contributed by atoms with E-state index in [4.69, 9.17) is 4.74 Å². The second-order valence-corrected chi connectivity index (χ2v) is 11.3. The number of benzene rings is 2. The number of carbonyl (C=O) groups is 3. The molecule has 0 unspecified atom stereocenters. The molecule has 41 heavy (non-hydrogen) atoms. The van der Waals surface area contributed by atoms with Crippen molar-refractivity contribution in [2.75, 3.05) is 10.2 Å². The van der Waals surface area contributed by atoms with Crippen molar-refractivity contribution in [2.24, 2.45) is 5.92 Å². The number of hydrogen-bond donors (Lipinski definition) is 1. The number of ether oxygens (including phenoxy) is 1. The first-order valence-corrected chi connectivity index (χ1v) is 13.9. The second kappa shape index (κ2) is 10.1. The lowest BCUT2D eigenvalue weighted by atomic mass is 9.90. The van der Waals surface area contributed by atoms with Gasteiger partial charge in [-0.3, -0.25) is 14.4 Å². The van der Waals surface area contributed by atoms with E-state index in [0.717, 1.165) is 29.4 Å². The summed E-state index contributed by atoms with van der Waals surface area (Å²) in [5.41, 5.74) is 1.23. The predicted octanol–water partition coefficient (Wildman–Crippen LogP) is 6.03. The van der Waals surface area contributed by atoms with E-state index in [1.807, 2.05) is 6.07 Å². The van der Waals surface area contributed by atoms with Crippen LogP contribution in [-0.4, -0.2) is 27.7 Å². The topological polar surface area (TPSA) is 125 Å². The van der Waals surface area contributed by atoms with Crippen molar-refractivity contribution in [3.05, 3.63) is 71.0 Å². The molecule has 2 aliphatic rings. The Morgan fingerprint density at radius 3 is 2.61 bits per heavy atom. The molecular weight excluding hydrogens is 545 g/mol. The fraction of sp³-hybridized carbons (Fsp3) is 0.267. The SMILES string of the molecule is CC(=O)N(C(=O)c1cccc(C2(C#N)CC2)c1C)c1cc(Oc2ccc3nc(NC(=O)C4CC4)sc3n2)ccc1F. The summed E-state index contributed by atoms with van der Waals surface area (Å²) in [6.07, 6.45) is 3.16. The highest BCUT2D eigenvalue weighted by molar-refractivity contribution is 7.21. The molecule has 2 aromatic heterocycles. The van der Waals surface area contributed by atoms with Gasteiger partial charge in [0.1, 0.15) is 21.9 Å². The Kier molecular flexibility index (Phi) is 6.50. The van der Waals surface area contributed by atoms with Crippen LogP contribution in [0.4, 0.5) is 15.2 Å². The van der Waals surface area contributed by atoms with Crippen molar-refractivity contribution in [1.29, 1.82) is 5.26 Å². The normalized spacial score (nSPS) is 15.2. The molecule has 206 valence electrons. The quantitative estimate of drug-likeness (QED) is 0.288. The van der Waals surface area contributed by atoms with Crippen molar-refractivity contribution in [3.63, 3.8) is 0 Å². The molecule has 2 aliphatic carbocycles. The molecule has 2 heterocycles. The number of pyridine rings is 1. The number of nitriles is 1. The standard InChI is InChI=1S/C30H24FN5O4S/c1-16-20(4-3-5-21(16)30(15-32)12-13-30)28(39)36(17(2)37)24-14-19(8-9-22(24)31)40-25-11-10-23-27(34-25)41-29(33-23)35-26(38)18-6-7-18/h3-5,8-11,14,18H,6-7,12-13H2,1-2H3,(H,33,35,38). The fourth-order valence-corrected chi connectivity index (χ4v) is 5.64. The van der Waals surface area contributed by atoms with E-state index in [9.17, 15) is 19.6 Å². The van der Waals surface area contributed by atoms with E-state index < -0.39 is 23.0 Å². The summed E-state index contributed by atoms with van der Waals surface area (Å²) < 4.78 is 21.0. The smallest absolute Gasteiger partial charge is 0.265 e. The Balaban J connectivity index is 1.28. The highest BCUT2D eigenvalue weighted by atomic mass is 32.1. The lowest BCUT2D eigenvalue weighted by Gasteiger charge is -2.22. The first kappa shape index (κ1) is 26.5. The van der Waals surface area contributed by atoms with Gasteiger partial charge in [0, 0.05) is 30.5 Å². The Morgan fingerprint density at radius 1 is 1.15 bits per heavy atom. The van der Waals surface area contributed by atoms with Crippen LogP contribution >= 0.6 is 11.3 Å². The van der Waals surface area contributed by atoms with Gasteiger partial charge < -0.3 is 10.1 Å². The summed E-state index contributed by atoms with van der Waals surface area (Å²) in [5, 5.41) is 12.9. The number of carbonyl (C=O) groups excluding carboxylic acids is 3. The molecule has 6 rings (SSSR count). The fourth-order valence-electron chi connectivity index (χ4n) is 4.81. The first-order chi connectivity index (χ1) is 19.7. The second-order valence-electron chi connectivity index (χ2n) is 10.3. The van der Waals surface area contributed by atoms with Crippen LogP contribution in [0.15, 0.2) is 48.5 Å². The highest BCUT2D eigenvalue weighted by Crippen LogP contribution is 2.49. The van der Waals surface area contributed by atoms with Crippen molar-refractivity contribution in [1.82, 2.24) is 9.97 Å². The molecule has 1 N–H and O–H groups in total. The van der Waals surface area contributed by atoms with E-state index in [1.165, 1.54) is 30.4 Å². The Hall–Kier alpha value is -4.69. The molecule has 0 bridgehead atoms. The van der Waals surface area contributed by atoms with Gasteiger partial charge in [-0.15, -0.1) is 0 Å². The van der Waals surface area contributed by atoms with Gasteiger partial charge >= 0.3 is 0 Å². The number of fused-ring (bicyclic) bond motifs is 1. The van der Waals surface area contributed by atoms with Gasteiger partial charge in [0.25, 0.3) is 5.91 Å². The van der Waals surface area contributed by atoms with Crippen LogP contribution in [-0.2, 0) is 15.0 Å². The number of aromatic nitrogens is 2. The maximum Gasteiger partial charge on any atom is 0.265 e. The zero-order valence-corrected chi connectivity index (χ0v) is 23.0. The van der Waals surface area contributed by atoms with Crippen LogP contribution in [0, 0.1) is 30.0 Å². The monoisotopic (exact) mass is 569 g/mol. The van der Waals surface area contributed by atoms with Crippen LogP contribution in [0.5, 0.6) is 11.6 Å². The average Bonchev–Trinajstić information content (AvgIpc) is 3.87. The molecule has 2 saturated carbocycles. The summed E-state index contributed by atoms with van der Waals surface area (Å²) in [5.74, 6) is -1.83. The van der Waals surface area contributed by atoms with Crippen LogP contribution in [0.2, 0.25) is 0 Å². The number of halogens is 1. The van der Waals surface area contributed by atoms with Crippen LogP contribution in [0.1, 0.15) is 54.1 Å². The van der Waals surface area contributed by atoms with Crippen molar-refractivity contribution in [3.8, 4) is 17.7 Å². The van der Waals surface area contributed by atoms with Gasteiger partial charge in [0.15, 0.2) is 5.13 Å². The lowest BCUT2D eigenvalue weighted by Crippen LogP contribution is -2.36. The van der Waals surface area contributed by atoms with Crippen molar-refractivity contribution in [2.45, 2.75) is 44.9 Å². The molecule has 0 atom stereocenters. The van der Waals surface area contributed by atoms with Gasteiger partial charge in [-0.1, -0.05) is 23.5 Å². The first-order valence-electron chi connectivity index (χ1n) is 13.1. The number of anilines is 2. The van der Waals surface area contributed by atoms with Crippen molar-refractivity contribution < 1.29 is 23.5 Å². The Labute approximate surface area is 238 Å². The summed E-state index contributed by atoms with van der Waals surface area (Å²) >= 11 is 1.21. The number of rotatable bonds is 7. The third kappa shape index (κ3) is 5.02. The minimum atomic E-state index is -0.785. The summed E-state index contributed by atoms with van der Waals surface area (Å²) in [6.45, 7) is 2.92. The number of amides is 3. The predicted molar refractivity (Wildman–Crippen MR) is 150 cm³/mol. The Bertz CT molecular complexity index is 1790. The van der Waals surface area contributed by atoms with Gasteiger partial charge in [-0.25, -0.2) is 19.3 Å². The van der Waals surface area contributed by atoms with Gasteiger partial charge in [0.2, 0.25) is 17.7 Å². The van der Waals surface area contributed by atoms with E-state index in [1.54, 1.807) is 31.2 Å². The number of nitrogens with one attached hydrogen (secondary N) is 1. The highest BCUT2D eigenvalue weighted by Gasteiger charge is 2.46. The van der Waals surface area contributed by atoms with E-state index in [-0.39, 0.29) is 34.7 Å². The van der Waals surface area contributed by atoms with Gasteiger partial charge in [-0.2, -0.15) is 5.26 Å². The third-order valence-corrected chi connectivity index (χ3v) is 8.23. The summed E-state index contributed by atoms with van der Waals surface area (Å²) in [4.78, 5) is 48.6. The zero-order valence-electron chi connectivity index (χ0n) is 22.2. The molecule has 11 heteroatoms. The molecular formula is C30H24FN5O4S. The maximum absolute atomic E-state index is 15.1. The van der Waals surface area contributed by atoms with Crippen LogP contribution in [0.25, 0.3) is 10.3 Å². The largest absolute Gasteiger partial charge is 0.439 e. The van der Waals surface area contributed by atoms with Crippen LogP contribution < -0.4 is 15.0 Å². The zero-order chi connectivity index (χ0) is 28.9. The lowest BCUT2D eigenvalue weighted by molar-refractivity contribution is -0.117. The number of thiazole rings is 1. The molecule has 2 fully saturated rings. The molecule has 0 aliphatic heterocycles. The summed E-state index contributed by atoms with van der Waals surface area (Å²) in [6, 6.07) is 14.4. The third-order valence-electron chi connectivity index (χ3n) is 7.35. The molecule has 4 aromatic rings. The molecule has 3 amide bonds. The van der Waals surface area contributed by atoms with Crippen molar-refractivity contribution >= 4 is 50.2 Å². The van der Waals surface area contributed by atoms with Gasteiger partial charge in [0.05, 0.1) is 17.2 Å². The Morgan fingerprint density at radius 2 is 1.93 bits per heavy atom. The van der Waals surface area contributed by atoms with E-state index in [0.29, 0.717) is 33.9 Å². The minimum absolute atomic E-state index is 0.0447. The van der Waals surface area contributed by atoms with Gasteiger partial charge in [-0.05, 0) is 68.0 Å². The molecule has 0 saturated heterocycles. The number of nitrogens with zero attached hydrogens (tertiary/aromatic N) is 4. The molecule has 0 radical (unpaired) electrons. The van der Waals surface area contributed by atoms with Crippen LogP contribution in [0.3, 0.4) is 0 Å². The summed E-state index contributed by atoms with van der Waals surface area (Å²) in [7, 11) is 0. The number of hydrogen-bond acceptors (Lipinski definition) is 8. The van der Waals surface area contributed by atoms with E-state index >= 15 is 4.39 Å². The molecule has 2 aromatic carbocycles. The molecule has 9 nitrogen and oxygen atoms in total. The average molecular weight is 570 g/mol. The minimum Gasteiger partial charge on any atom is -0.439 e.